The van der Waals surface area contributed by atoms with Gasteiger partial charge < -0.3 is 24.2 Å². The lowest BCUT2D eigenvalue weighted by atomic mass is 10.1. The quantitative estimate of drug-likeness (QED) is 0.767. The molecule has 3 heterocycles. The van der Waals surface area contributed by atoms with E-state index in [4.69, 9.17) is 9.47 Å². The highest BCUT2D eigenvalue weighted by atomic mass is 19.1. The van der Waals surface area contributed by atoms with Gasteiger partial charge in [-0.1, -0.05) is 0 Å². The molecular formula is C20H24FN5O3. The Morgan fingerprint density at radius 1 is 0.966 bits per heavy atom. The lowest BCUT2D eigenvalue weighted by molar-refractivity contribution is 0.0746. The van der Waals surface area contributed by atoms with Crippen molar-refractivity contribution < 1.29 is 18.7 Å². The molecule has 29 heavy (non-hydrogen) atoms. The van der Waals surface area contributed by atoms with Gasteiger partial charge in [0.15, 0.2) is 23.2 Å². The lowest BCUT2D eigenvalue weighted by Crippen LogP contribution is -2.49. The SMILES string of the molecule is COc1ccc(C(=O)N2CCN(c3ccc(N4CCOCC4)nn3)CC2)cc1F. The van der Waals surface area contributed by atoms with Gasteiger partial charge in [-0.25, -0.2) is 4.39 Å². The van der Waals surface area contributed by atoms with Gasteiger partial charge in [0.25, 0.3) is 5.91 Å². The van der Waals surface area contributed by atoms with Crippen molar-refractivity contribution in [2.24, 2.45) is 0 Å². The number of halogens is 1. The Bertz CT molecular complexity index is 850. The number of ether oxygens (including phenoxy) is 2. The van der Waals surface area contributed by atoms with Crippen LogP contribution in [0.3, 0.4) is 0 Å². The number of hydrogen-bond donors (Lipinski definition) is 0. The minimum atomic E-state index is -0.535. The van der Waals surface area contributed by atoms with Crippen LogP contribution in [0.5, 0.6) is 5.75 Å². The van der Waals surface area contributed by atoms with Crippen molar-refractivity contribution in [3.63, 3.8) is 0 Å². The third-order valence-electron chi connectivity index (χ3n) is 5.26. The van der Waals surface area contributed by atoms with E-state index in [1.165, 1.54) is 19.2 Å². The number of nitrogens with zero attached hydrogens (tertiary/aromatic N) is 5. The highest BCUT2D eigenvalue weighted by molar-refractivity contribution is 5.94. The Balaban J connectivity index is 1.35. The summed E-state index contributed by atoms with van der Waals surface area (Å²) in [5, 5.41) is 8.71. The maximum absolute atomic E-state index is 13.9. The summed E-state index contributed by atoms with van der Waals surface area (Å²) in [5.74, 6) is 1.06. The van der Waals surface area contributed by atoms with Crippen molar-refractivity contribution in [2.45, 2.75) is 0 Å². The molecule has 1 amide bonds. The molecule has 0 N–H and O–H groups in total. The van der Waals surface area contributed by atoms with Crippen molar-refractivity contribution in [2.75, 3.05) is 69.4 Å². The molecule has 2 saturated heterocycles. The van der Waals surface area contributed by atoms with E-state index in [1.54, 1.807) is 11.0 Å². The van der Waals surface area contributed by atoms with Crippen LogP contribution in [0.4, 0.5) is 16.0 Å². The molecule has 2 aliphatic rings. The van der Waals surface area contributed by atoms with E-state index >= 15 is 0 Å². The molecule has 2 fully saturated rings. The smallest absolute Gasteiger partial charge is 0.254 e. The molecule has 0 unspecified atom stereocenters. The molecule has 9 heteroatoms. The average Bonchev–Trinajstić information content (AvgIpc) is 2.79. The van der Waals surface area contributed by atoms with E-state index in [2.05, 4.69) is 20.0 Å². The molecule has 0 spiro atoms. The van der Waals surface area contributed by atoms with Gasteiger partial charge in [-0.05, 0) is 30.3 Å². The van der Waals surface area contributed by atoms with Crippen molar-refractivity contribution in [3.05, 3.63) is 41.7 Å². The van der Waals surface area contributed by atoms with Gasteiger partial charge in [0.2, 0.25) is 0 Å². The monoisotopic (exact) mass is 401 g/mol. The summed E-state index contributed by atoms with van der Waals surface area (Å²) in [6.45, 7) is 5.43. The van der Waals surface area contributed by atoms with E-state index in [9.17, 15) is 9.18 Å². The third kappa shape index (κ3) is 4.24. The first-order chi connectivity index (χ1) is 14.2. The number of morpholine rings is 1. The molecule has 8 nitrogen and oxygen atoms in total. The van der Waals surface area contributed by atoms with Gasteiger partial charge in [0.1, 0.15) is 0 Å². The summed E-state index contributed by atoms with van der Waals surface area (Å²) >= 11 is 0. The number of piperazine rings is 1. The number of carbonyl (C=O) groups excluding carboxylic acids is 1. The Labute approximate surface area is 168 Å². The van der Waals surface area contributed by atoms with Crippen LogP contribution in [0.2, 0.25) is 0 Å². The van der Waals surface area contributed by atoms with Gasteiger partial charge in [-0.15, -0.1) is 10.2 Å². The van der Waals surface area contributed by atoms with Crippen LogP contribution in [0.15, 0.2) is 30.3 Å². The minimum Gasteiger partial charge on any atom is -0.494 e. The van der Waals surface area contributed by atoms with Gasteiger partial charge in [0.05, 0.1) is 20.3 Å². The van der Waals surface area contributed by atoms with Crippen LogP contribution in [0.1, 0.15) is 10.4 Å². The van der Waals surface area contributed by atoms with E-state index < -0.39 is 5.82 Å². The lowest BCUT2D eigenvalue weighted by Gasteiger charge is -2.35. The second kappa shape index (κ2) is 8.60. The van der Waals surface area contributed by atoms with Crippen molar-refractivity contribution in [3.8, 4) is 5.75 Å². The highest BCUT2D eigenvalue weighted by Crippen LogP contribution is 2.21. The first-order valence-corrected chi connectivity index (χ1v) is 9.70. The van der Waals surface area contributed by atoms with Gasteiger partial charge in [-0.2, -0.15) is 0 Å². The molecule has 0 atom stereocenters. The second-order valence-electron chi connectivity index (χ2n) is 6.98. The number of benzene rings is 1. The molecule has 0 radical (unpaired) electrons. The summed E-state index contributed by atoms with van der Waals surface area (Å²) in [7, 11) is 1.40. The summed E-state index contributed by atoms with van der Waals surface area (Å²) in [6.07, 6.45) is 0. The zero-order valence-corrected chi connectivity index (χ0v) is 16.4. The van der Waals surface area contributed by atoms with Gasteiger partial charge in [-0.3, -0.25) is 4.79 Å². The van der Waals surface area contributed by atoms with Gasteiger partial charge in [0, 0.05) is 44.8 Å². The summed E-state index contributed by atoms with van der Waals surface area (Å²) in [5.41, 5.74) is 0.325. The molecule has 154 valence electrons. The molecule has 0 saturated carbocycles. The predicted molar refractivity (Wildman–Crippen MR) is 106 cm³/mol. The topological polar surface area (TPSA) is 71.0 Å². The summed E-state index contributed by atoms with van der Waals surface area (Å²) < 4.78 is 24.2. The third-order valence-corrected chi connectivity index (χ3v) is 5.26. The largest absolute Gasteiger partial charge is 0.494 e. The first kappa shape index (κ1) is 19.4. The number of carbonyl (C=O) groups is 1. The zero-order chi connectivity index (χ0) is 20.2. The number of aromatic nitrogens is 2. The van der Waals surface area contributed by atoms with Crippen molar-refractivity contribution >= 4 is 17.5 Å². The molecule has 1 aromatic carbocycles. The molecule has 2 aromatic rings. The van der Waals surface area contributed by atoms with E-state index in [1.807, 2.05) is 12.1 Å². The Morgan fingerprint density at radius 2 is 1.59 bits per heavy atom. The molecule has 4 rings (SSSR count). The molecule has 1 aromatic heterocycles. The van der Waals surface area contributed by atoms with Crippen LogP contribution in [-0.4, -0.2) is 80.6 Å². The number of amides is 1. The molecule has 0 bridgehead atoms. The summed E-state index contributed by atoms with van der Waals surface area (Å²) in [4.78, 5) is 18.7. The van der Waals surface area contributed by atoms with Crippen molar-refractivity contribution in [1.29, 1.82) is 0 Å². The van der Waals surface area contributed by atoms with Crippen LogP contribution in [0.25, 0.3) is 0 Å². The van der Waals surface area contributed by atoms with E-state index in [0.29, 0.717) is 45.0 Å². The van der Waals surface area contributed by atoms with Crippen LogP contribution in [-0.2, 0) is 4.74 Å². The van der Waals surface area contributed by atoms with Gasteiger partial charge >= 0.3 is 0 Å². The molecular weight excluding hydrogens is 377 g/mol. The fourth-order valence-corrected chi connectivity index (χ4v) is 3.57. The van der Waals surface area contributed by atoms with Crippen LogP contribution < -0.4 is 14.5 Å². The zero-order valence-electron chi connectivity index (χ0n) is 16.4. The number of methoxy groups -OCH3 is 1. The van der Waals surface area contributed by atoms with Crippen LogP contribution in [0, 0.1) is 5.82 Å². The molecule has 0 aliphatic carbocycles. The second-order valence-corrected chi connectivity index (χ2v) is 6.98. The Hall–Kier alpha value is -2.94. The highest BCUT2D eigenvalue weighted by Gasteiger charge is 2.24. The first-order valence-electron chi connectivity index (χ1n) is 9.70. The number of anilines is 2. The molecule has 2 aliphatic heterocycles. The Kier molecular flexibility index (Phi) is 5.75. The fourth-order valence-electron chi connectivity index (χ4n) is 3.57. The average molecular weight is 401 g/mol. The van der Waals surface area contributed by atoms with Crippen molar-refractivity contribution in [1.82, 2.24) is 15.1 Å². The number of hydrogen-bond acceptors (Lipinski definition) is 7. The maximum Gasteiger partial charge on any atom is 0.254 e. The normalized spacial score (nSPS) is 17.4. The number of rotatable bonds is 4. The standard InChI is InChI=1S/C20H24FN5O3/c1-28-17-3-2-15(14-16(17)21)20(27)26-8-6-24(7-9-26)18-4-5-19(23-22-18)25-10-12-29-13-11-25/h2-5,14H,6-13H2,1H3. The summed E-state index contributed by atoms with van der Waals surface area (Å²) in [6, 6.07) is 8.24. The van der Waals surface area contributed by atoms with E-state index in [-0.39, 0.29) is 11.7 Å². The fraction of sp³-hybridized carbons (Fsp3) is 0.450. The predicted octanol–water partition coefficient (Wildman–Crippen LogP) is 1.42. The van der Waals surface area contributed by atoms with Crippen LogP contribution >= 0.6 is 0 Å². The maximum atomic E-state index is 13.9. The van der Waals surface area contributed by atoms with E-state index in [0.717, 1.165) is 24.7 Å². The Morgan fingerprint density at radius 3 is 2.14 bits per heavy atom. The minimum absolute atomic E-state index is 0.130.